The molecule has 0 bridgehead atoms. The first kappa shape index (κ1) is 10.8. The number of rotatable bonds is 1. The maximum Gasteiger partial charge on any atom is 0.328 e. The molecule has 76 valence electrons. The largest absolute Gasteiger partial charge is 0.328 e. The van der Waals surface area contributed by atoms with E-state index in [4.69, 9.17) is 11.6 Å². The molecular formula is C8H10ClN3O2. The number of halogens is 1. The van der Waals surface area contributed by atoms with Crippen LogP contribution in [-0.4, -0.2) is 14.9 Å². The van der Waals surface area contributed by atoms with Crippen LogP contribution in [0.25, 0.3) is 0 Å². The van der Waals surface area contributed by atoms with Crippen molar-refractivity contribution in [2.45, 2.75) is 26.2 Å². The van der Waals surface area contributed by atoms with Gasteiger partial charge in [0.25, 0.3) is 0 Å². The van der Waals surface area contributed by atoms with E-state index in [0.717, 1.165) is 0 Å². The lowest BCUT2D eigenvalue weighted by molar-refractivity contribution is -0.386. The average Bonchev–Trinajstić information content (AvgIpc) is 2.01. The van der Waals surface area contributed by atoms with Crippen molar-refractivity contribution in [2.24, 2.45) is 0 Å². The Morgan fingerprint density at radius 2 is 2.00 bits per heavy atom. The van der Waals surface area contributed by atoms with Crippen LogP contribution in [0.2, 0.25) is 5.15 Å². The summed E-state index contributed by atoms with van der Waals surface area (Å²) in [4.78, 5) is 17.7. The van der Waals surface area contributed by atoms with Crippen LogP contribution >= 0.6 is 11.6 Å². The van der Waals surface area contributed by atoms with Crippen molar-refractivity contribution in [2.75, 3.05) is 0 Å². The molecule has 0 unspecified atom stereocenters. The van der Waals surface area contributed by atoms with Gasteiger partial charge in [-0.2, -0.15) is 0 Å². The second-order valence-corrected chi connectivity index (χ2v) is 4.23. The third-order valence-corrected chi connectivity index (χ3v) is 1.95. The zero-order chi connectivity index (χ0) is 10.9. The van der Waals surface area contributed by atoms with Gasteiger partial charge in [0, 0.05) is 5.41 Å². The molecule has 0 saturated heterocycles. The van der Waals surface area contributed by atoms with E-state index in [2.05, 4.69) is 9.97 Å². The molecule has 0 N–H and O–H groups in total. The first-order valence-corrected chi connectivity index (χ1v) is 4.37. The minimum Gasteiger partial charge on any atom is -0.258 e. The molecule has 0 radical (unpaired) electrons. The second-order valence-electron chi connectivity index (χ2n) is 3.87. The normalized spacial score (nSPS) is 11.4. The van der Waals surface area contributed by atoms with Crippen LogP contribution in [0.1, 0.15) is 26.5 Å². The SMILES string of the molecule is CC(C)(C)c1ncnc(Cl)c1[N+](=O)[O-]. The molecule has 6 heteroatoms. The van der Waals surface area contributed by atoms with E-state index >= 15 is 0 Å². The third kappa shape index (κ3) is 1.98. The summed E-state index contributed by atoms with van der Waals surface area (Å²) < 4.78 is 0. The molecule has 5 nitrogen and oxygen atoms in total. The van der Waals surface area contributed by atoms with Gasteiger partial charge in [-0.1, -0.05) is 32.4 Å². The first-order chi connectivity index (χ1) is 6.34. The highest BCUT2D eigenvalue weighted by Crippen LogP contribution is 2.32. The van der Waals surface area contributed by atoms with Crippen molar-refractivity contribution in [3.05, 3.63) is 27.3 Å². The minimum atomic E-state index is -0.553. The van der Waals surface area contributed by atoms with Gasteiger partial charge in [-0.25, -0.2) is 9.97 Å². The number of hydrogen-bond donors (Lipinski definition) is 0. The summed E-state index contributed by atoms with van der Waals surface area (Å²) in [6, 6.07) is 0. The van der Waals surface area contributed by atoms with Crippen LogP contribution in [0.4, 0.5) is 5.69 Å². The van der Waals surface area contributed by atoms with Gasteiger partial charge < -0.3 is 0 Å². The van der Waals surface area contributed by atoms with E-state index < -0.39 is 10.3 Å². The van der Waals surface area contributed by atoms with Crippen molar-refractivity contribution < 1.29 is 4.92 Å². The van der Waals surface area contributed by atoms with Gasteiger partial charge in [-0.05, 0) is 0 Å². The van der Waals surface area contributed by atoms with Crippen molar-refractivity contribution in [3.63, 3.8) is 0 Å². The summed E-state index contributed by atoms with van der Waals surface area (Å²) in [5, 5.41) is 10.6. The topological polar surface area (TPSA) is 68.9 Å². The van der Waals surface area contributed by atoms with E-state index in [-0.39, 0.29) is 10.8 Å². The first-order valence-electron chi connectivity index (χ1n) is 3.99. The van der Waals surface area contributed by atoms with E-state index in [1.807, 2.05) is 20.8 Å². The Balaban J connectivity index is 3.44. The van der Waals surface area contributed by atoms with E-state index in [1.54, 1.807) is 0 Å². The van der Waals surface area contributed by atoms with Crippen molar-refractivity contribution in [1.29, 1.82) is 0 Å². The van der Waals surface area contributed by atoms with Gasteiger partial charge in [0.15, 0.2) is 0 Å². The smallest absolute Gasteiger partial charge is 0.258 e. The molecule has 14 heavy (non-hydrogen) atoms. The van der Waals surface area contributed by atoms with Gasteiger partial charge in [0.05, 0.1) is 4.92 Å². The molecule has 0 aliphatic carbocycles. The van der Waals surface area contributed by atoms with Crippen molar-refractivity contribution in [1.82, 2.24) is 9.97 Å². The quantitative estimate of drug-likeness (QED) is 0.410. The summed E-state index contributed by atoms with van der Waals surface area (Å²) in [6.45, 7) is 5.50. The molecule has 0 aliphatic heterocycles. The number of nitro groups is 1. The fraction of sp³-hybridized carbons (Fsp3) is 0.500. The molecule has 0 atom stereocenters. The summed E-state index contributed by atoms with van der Waals surface area (Å²) in [7, 11) is 0. The Bertz CT molecular complexity index is 373. The highest BCUT2D eigenvalue weighted by Gasteiger charge is 2.29. The zero-order valence-corrected chi connectivity index (χ0v) is 8.87. The van der Waals surface area contributed by atoms with E-state index in [9.17, 15) is 10.1 Å². The van der Waals surface area contributed by atoms with E-state index in [0.29, 0.717) is 5.69 Å². The summed E-state index contributed by atoms with van der Waals surface area (Å²) >= 11 is 5.64. The molecular weight excluding hydrogens is 206 g/mol. The summed E-state index contributed by atoms with van der Waals surface area (Å²) in [5.74, 6) is 0. The fourth-order valence-electron chi connectivity index (χ4n) is 1.07. The lowest BCUT2D eigenvalue weighted by Crippen LogP contribution is -2.16. The van der Waals surface area contributed by atoms with E-state index in [1.165, 1.54) is 6.33 Å². The van der Waals surface area contributed by atoms with Gasteiger partial charge in [0.2, 0.25) is 5.15 Å². The predicted molar refractivity (Wildman–Crippen MR) is 52.4 cm³/mol. The molecule has 1 aromatic rings. The molecule has 0 aliphatic rings. The molecule has 0 spiro atoms. The van der Waals surface area contributed by atoms with Crippen LogP contribution in [0.3, 0.4) is 0 Å². The monoisotopic (exact) mass is 215 g/mol. The number of nitrogens with zero attached hydrogens (tertiary/aromatic N) is 3. The zero-order valence-electron chi connectivity index (χ0n) is 8.11. The summed E-state index contributed by atoms with van der Waals surface area (Å²) in [6.07, 6.45) is 1.23. The Morgan fingerprint density at radius 1 is 1.43 bits per heavy atom. The van der Waals surface area contributed by atoms with Crippen molar-refractivity contribution >= 4 is 17.3 Å². The molecule has 0 aromatic carbocycles. The summed E-state index contributed by atoms with van der Waals surface area (Å²) in [5.41, 5.74) is -0.279. The molecule has 1 heterocycles. The van der Waals surface area contributed by atoms with Crippen LogP contribution in [-0.2, 0) is 5.41 Å². The Morgan fingerprint density at radius 3 is 2.36 bits per heavy atom. The molecule has 0 saturated carbocycles. The molecule has 1 aromatic heterocycles. The van der Waals surface area contributed by atoms with Crippen molar-refractivity contribution in [3.8, 4) is 0 Å². The Hall–Kier alpha value is -1.23. The highest BCUT2D eigenvalue weighted by molar-refractivity contribution is 6.31. The Kier molecular flexibility index (Phi) is 2.71. The molecule has 0 fully saturated rings. The number of aromatic nitrogens is 2. The molecule has 0 amide bonds. The average molecular weight is 216 g/mol. The van der Waals surface area contributed by atoms with Gasteiger partial charge in [-0.15, -0.1) is 0 Å². The highest BCUT2D eigenvalue weighted by atomic mass is 35.5. The lowest BCUT2D eigenvalue weighted by atomic mass is 9.91. The van der Waals surface area contributed by atoms with Crippen LogP contribution < -0.4 is 0 Å². The Labute approximate surface area is 86.3 Å². The fourth-order valence-corrected chi connectivity index (χ4v) is 1.27. The van der Waals surface area contributed by atoms with Crippen LogP contribution in [0, 0.1) is 10.1 Å². The standard InChI is InChI=1S/C8H10ClN3O2/c1-8(2,3)6-5(12(13)14)7(9)11-4-10-6/h4H,1-3H3. The minimum absolute atomic E-state index is 0.116. The maximum atomic E-state index is 10.7. The second kappa shape index (κ2) is 3.49. The lowest BCUT2D eigenvalue weighted by Gasteiger charge is -2.16. The van der Waals surface area contributed by atoms with Crippen LogP contribution in [0.15, 0.2) is 6.33 Å². The van der Waals surface area contributed by atoms with Gasteiger partial charge >= 0.3 is 5.69 Å². The maximum absolute atomic E-state index is 10.7. The van der Waals surface area contributed by atoms with Gasteiger partial charge in [-0.3, -0.25) is 10.1 Å². The van der Waals surface area contributed by atoms with Gasteiger partial charge in [0.1, 0.15) is 12.0 Å². The third-order valence-electron chi connectivity index (χ3n) is 1.67. The van der Waals surface area contributed by atoms with Crippen LogP contribution in [0.5, 0.6) is 0 Å². The molecule has 1 rings (SSSR count). The predicted octanol–water partition coefficient (Wildman–Crippen LogP) is 2.34. The number of hydrogen-bond acceptors (Lipinski definition) is 4.